The van der Waals surface area contributed by atoms with Crippen molar-refractivity contribution in [3.05, 3.63) is 47.4 Å². The van der Waals surface area contributed by atoms with Crippen LogP contribution in [-0.4, -0.2) is 32.9 Å². The van der Waals surface area contributed by atoms with Gasteiger partial charge in [0, 0.05) is 37.9 Å². The standard InChI is InChI=1S/C24H31FN4O3/c1-17(30)27-24(14-6-2-3-7-15-24)23-26-21(32-28-23)12-13-22(31)29(19-10-11-19)16-18-8-4-5-9-20(18)25/h4-5,8-9,19H,2-3,6-7,10-16H2,1H3,(H,27,30). The lowest BCUT2D eigenvalue weighted by atomic mass is 9.89. The molecule has 1 aromatic carbocycles. The van der Waals surface area contributed by atoms with Crippen LogP contribution in [0.2, 0.25) is 0 Å². The lowest BCUT2D eigenvalue weighted by Crippen LogP contribution is -2.45. The number of hydrogen-bond donors (Lipinski definition) is 1. The first-order valence-electron chi connectivity index (χ1n) is 11.6. The van der Waals surface area contributed by atoms with Crippen LogP contribution in [0, 0.1) is 5.82 Å². The molecule has 2 fully saturated rings. The van der Waals surface area contributed by atoms with E-state index in [1.165, 1.54) is 13.0 Å². The largest absolute Gasteiger partial charge is 0.343 e. The van der Waals surface area contributed by atoms with Crippen molar-refractivity contribution in [3.63, 3.8) is 0 Å². The molecule has 7 nitrogen and oxygen atoms in total. The Balaban J connectivity index is 1.42. The molecule has 1 N–H and O–H groups in total. The first kappa shape index (κ1) is 22.4. The molecule has 0 spiro atoms. The van der Waals surface area contributed by atoms with E-state index in [0.29, 0.717) is 23.7 Å². The van der Waals surface area contributed by atoms with E-state index in [9.17, 15) is 14.0 Å². The molecular weight excluding hydrogens is 411 g/mol. The molecule has 0 bridgehead atoms. The van der Waals surface area contributed by atoms with Crippen LogP contribution in [0.1, 0.15) is 82.0 Å². The fourth-order valence-corrected chi connectivity index (χ4v) is 4.60. The Morgan fingerprint density at radius 2 is 1.91 bits per heavy atom. The van der Waals surface area contributed by atoms with E-state index in [0.717, 1.165) is 51.4 Å². The van der Waals surface area contributed by atoms with Crippen LogP contribution in [0.3, 0.4) is 0 Å². The number of aryl methyl sites for hydroxylation is 1. The summed E-state index contributed by atoms with van der Waals surface area (Å²) in [4.78, 5) is 31.1. The van der Waals surface area contributed by atoms with Crippen molar-refractivity contribution in [1.82, 2.24) is 20.4 Å². The molecule has 4 rings (SSSR count). The summed E-state index contributed by atoms with van der Waals surface area (Å²) in [7, 11) is 0. The van der Waals surface area contributed by atoms with Crippen LogP contribution in [0.15, 0.2) is 28.8 Å². The van der Waals surface area contributed by atoms with Crippen molar-refractivity contribution in [2.75, 3.05) is 0 Å². The van der Waals surface area contributed by atoms with E-state index in [-0.39, 0.29) is 36.6 Å². The van der Waals surface area contributed by atoms with E-state index in [1.807, 2.05) is 0 Å². The molecule has 1 heterocycles. The summed E-state index contributed by atoms with van der Waals surface area (Å²) < 4.78 is 19.5. The summed E-state index contributed by atoms with van der Waals surface area (Å²) in [5, 5.41) is 7.25. The highest BCUT2D eigenvalue weighted by molar-refractivity contribution is 5.77. The number of aromatic nitrogens is 2. The Hall–Kier alpha value is -2.77. The number of carbonyl (C=O) groups is 2. The zero-order chi connectivity index (χ0) is 22.6. The molecule has 2 aromatic rings. The van der Waals surface area contributed by atoms with Gasteiger partial charge in [0.15, 0.2) is 5.82 Å². The smallest absolute Gasteiger partial charge is 0.227 e. The van der Waals surface area contributed by atoms with Gasteiger partial charge >= 0.3 is 0 Å². The van der Waals surface area contributed by atoms with Gasteiger partial charge in [0.25, 0.3) is 0 Å². The van der Waals surface area contributed by atoms with Crippen LogP contribution in [0.4, 0.5) is 4.39 Å². The summed E-state index contributed by atoms with van der Waals surface area (Å²) >= 11 is 0. The molecule has 8 heteroatoms. The number of benzene rings is 1. The maximum absolute atomic E-state index is 14.1. The molecule has 0 saturated heterocycles. The Kier molecular flexibility index (Phi) is 6.86. The first-order valence-corrected chi connectivity index (χ1v) is 11.6. The number of nitrogens with zero attached hydrogens (tertiary/aromatic N) is 3. The van der Waals surface area contributed by atoms with Crippen LogP contribution in [0.5, 0.6) is 0 Å². The Bertz CT molecular complexity index is 948. The van der Waals surface area contributed by atoms with Gasteiger partial charge < -0.3 is 14.7 Å². The summed E-state index contributed by atoms with van der Waals surface area (Å²) in [6.45, 7) is 1.78. The molecule has 0 radical (unpaired) electrons. The summed E-state index contributed by atoms with van der Waals surface area (Å²) in [6.07, 6.45) is 8.24. The number of amides is 2. The molecule has 32 heavy (non-hydrogen) atoms. The minimum Gasteiger partial charge on any atom is -0.343 e. The van der Waals surface area contributed by atoms with Gasteiger partial charge in [-0.2, -0.15) is 4.98 Å². The van der Waals surface area contributed by atoms with Crippen molar-refractivity contribution >= 4 is 11.8 Å². The monoisotopic (exact) mass is 442 g/mol. The Morgan fingerprint density at radius 3 is 2.56 bits per heavy atom. The van der Waals surface area contributed by atoms with Crippen LogP contribution in [0.25, 0.3) is 0 Å². The van der Waals surface area contributed by atoms with Crippen molar-refractivity contribution in [3.8, 4) is 0 Å². The zero-order valence-electron chi connectivity index (χ0n) is 18.6. The number of carbonyl (C=O) groups excluding carboxylic acids is 2. The number of rotatable bonds is 8. The highest BCUT2D eigenvalue weighted by atomic mass is 19.1. The van der Waals surface area contributed by atoms with Gasteiger partial charge in [0.1, 0.15) is 11.4 Å². The second-order valence-electron chi connectivity index (χ2n) is 9.03. The molecule has 1 aromatic heterocycles. The Morgan fingerprint density at radius 1 is 1.19 bits per heavy atom. The van der Waals surface area contributed by atoms with Crippen LogP contribution >= 0.6 is 0 Å². The van der Waals surface area contributed by atoms with E-state index in [2.05, 4.69) is 15.5 Å². The normalized spacial score (nSPS) is 18.1. The van der Waals surface area contributed by atoms with Gasteiger partial charge in [-0.25, -0.2) is 4.39 Å². The van der Waals surface area contributed by atoms with E-state index >= 15 is 0 Å². The topological polar surface area (TPSA) is 88.3 Å². The second kappa shape index (κ2) is 9.79. The summed E-state index contributed by atoms with van der Waals surface area (Å²) in [6, 6.07) is 6.75. The van der Waals surface area contributed by atoms with E-state index < -0.39 is 5.54 Å². The molecule has 2 saturated carbocycles. The lowest BCUT2D eigenvalue weighted by Gasteiger charge is -2.30. The predicted octanol–water partition coefficient (Wildman–Crippen LogP) is 4.02. The van der Waals surface area contributed by atoms with Gasteiger partial charge in [-0.1, -0.05) is 49.0 Å². The highest BCUT2D eigenvalue weighted by Crippen LogP contribution is 2.35. The molecule has 2 amide bonds. The maximum Gasteiger partial charge on any atom is 0.227 e. The molecule has 0 unspecified atom stereocenters. The average Bonchev–Trinajstić information content (AvgIpc) is 3.53. The zero-order valence-corrected chi connectivity index (χ0v) is 18.6. The van der Waals surface area contributed by atoms with Gasteiger partial charge in [-0.05, 0) is 31.7 Å². The lowest BCUT2D eigenvalue weighted by molar-refractivity contribution is -0.132. The molecule has 2 aliphatic rings. The van der Waals surface area contributed by atoms with E-state index in [1.54, 1.807) is 23.1 Å². The first-order chi connectivity index (χ1) is 15.5. The number of hydrogen-bond acceptors (Lipinski definition) is 5. The fraction of sp³-hybridized carbons (Fsp3) is 0.583. The predicted molar refractivity (Wildman–Crippen MR) is 116 cm³/mol. The van der Waals surface area contributed by atoms with Crippen LogP contribution < -0.4 is 5.32 Å². The van der Waals surface area contributed by atoms with Crippen molar-refractivity contribution in [2.24, 2.45) is 0 Å². The molecule has 2 aliphatic carbocycles. The van der Waals surface area contributed by atoms with E-state index in [4.69, 9.17) is 4.52 Å². The summed E-state index contributed by atoms with van der Waals surface area (Å²) in [5.41, 5.74) is -0.0719. The van der Waals surface area contributed by atoms with Gasteiger partial charge in [-0.3, -0.25) is 9.59 Å². The fourth-order valence-electron chi connectivity index (χ4n) is 4.60. The van der Waals surface area contributed by atoms with Gasteiger partial charge in [0.2, 0.25) is 17.7 Å². The number of halogens is 1. The second-order valence-corrected chi connectivity index (χ2v) is 9.03. The maximum atomic E-state index is 14.1. The average molecular weight is 443 g/mol. The minimum absolute atomic E-state index is 0.0402. The number of nitrogens with one attached hydrogen (secondary N) is 1. The summed E-state index contributed by atoms with van der Waals surface area (Å²) in [5.74, 6) is 0.453. The van der Waals surface area contributed by atoms with Gasteiger partial charge in [-0.15, -0.1) is 0 Å². The third kappa shape index (κ3) is 5.34. The third-order valence-electron chi connectivity index (χ3n) is 6.43. The quantitative estimate of drug-likeness (QED) is 0.624. The molecule has 0 atom stereocenters. The van der Waals surface area contributed by atoms with Gasteiger partial charge in [0.05, 0.1) is 0 Å². The van der Waals surface area contributed by atoms with Crippen LogP contribution in [-0.2, 0) is 28.1 Å². The SMILES string of the molecule is CC(=O)NC1(c2noc(CCC(=O)N(Cc3ccccc3F)C3CC3)n2)CCCCCC1. The van der Waals surface area contributed by atoms with Crippen molar-refractivity contribution in [1.29, 1.82) is 0 Å². The molecular formula is C24H31FN4O3. The molecule has 172 valence electrons. The highest BCUT2D eigenvalue weighted by Gasteiger charge is 2.38. The third-order valence-corrected chi connectivity index (χ3v) is 6.43. The van der Waals surface area contributed by atoms with Crippen molar-refractivity contribution in [2.45, 2.75) is 89.3 Å². The Labute approximate surface area is 187 Å². The van der Waals surface area contributed by atoms with Crippen molar-refractivity contribution < 1.29 is 18.5 Å². The minimum atomic E-state index is -0.598. The molecule has 0 aliphatic heterocycles.